The molecule has 1 aromatic heterocycles. The Hall–Kier alpha value is -1.74. The lowest BCUT2D eigenvalue weighted by Crippen LogP contribution is -2.37. The van der Waals surface area contributed by atoms with Crippen molar-refractivity contribution in [2.75, 3.05) is 17.4 Å². The zero-order valence-corrected chi connectivity index (χ0v) is 11.3. The Morgan fingerprint density at radius 2 is 2.21 bits per heavy atom. The van der Waals surface area contributed by atoms with Crippen molar-refractivity contribution >= 4 is 21.6 Å². The number of nitrogens with two attached hydrogens (primary N) is 1. The fourth-order valence-corrected chi connectivity index (χ4v) is 2.51. The molecule has 0 bridgehead atoms. The molecule has 0 spiro atoms. The Morgan fingerprint density at radius 3 is 2.74 bits per heavy atom. The molecule has 1 atom stereocenters. The summed E-state index contributed by atoms with van der Waals surface area (Å²) in [6, 6.07) is 0.544. The number of rotatable bonds is 5. The van der Waals surface area contributed by atoms with Gasteiger partial charge in [0.05, 0.1) is 11.3 Å². The molecular weight excluding hydrogens is 275 g/mol. The van der Waals surface area contributed by atoms with Crippen molar-refractivity contribution in [3.63, 3.8) is 0 Å². The summed E-state index contributed by atoms with van der Waals surface area (Å²) in [5.41, 5.74) is 1.76. The number of hydrazine groups is 1. The Bertz CT molecular complexity index is 576. The van der Waals surface area contributed by atoms with Crippen LogP contribution >= 0.6 is 0 Å². The zero-order valence-electron chi connectivity index (χ0n) is 10.5. The quantitative estimate of drug-likeness (QED) is 0.505. The van der Waals surface area contributed by atoms with Gasteiger partial charge in [0, 0.05) is 18.5 Å². The molecule has 106 valence electrons. The number of nitrogen functional groups attached to an aromatic ring is 1. The van der Waals surface area contributed by atoms with E-state index in [9.17, 15) is 17.6 Å². The van der Waals surface area contributed by atoms with E-state index in [1.165, 1.54) is 19.2 Å². The third-order valence-corrected chi connectivity index (χ3v) is 3.31. The molecule has 1 aromatic rings. The van der Waals surface area contributed by atoms with Crippen LogP contribution in [0.5, 0.6) is 0 Å². The predicted molar refractivity (Wildman–Crippen MR) is 68.6 cm³/mol. The minimum atomic E-state index is -3.23. The van der Waals surface area contributed by atoms with Gasteiger partial charge in [0.25, 0.3) is 5.91 Å². The SMILES string of the molecule is CC(CS(C)(=O)=O)NC(=O)c1ccnc(NN)c1F. The first kappa shape index (κ1) is 15.3. The lowest BCUT2D eigenvalue weighted by molar-refractivity contribution is 0.0939. The van der Waals surface area contributed by atoms with Gasteiger partial charge in [-0.3, -0.25) is 4.79 Å². The van der Waals surface area contributed by atoms with Gasteiger partial charge in [0.2, 0.25) is 0 Å². The molecule has 0 radical (unpaired) electrons. The van der Waals surface area contributed by atoms with Crippen LogP contribution < -0.4 is 16.6 Å². The number of pyridine rings is 1. The van der Waals surface area contributed by atoms with Crippen LogP contribution in [0.4, 0.5) is 10.2 Å². The smallest absolute Gasteiger partial charge is 0.254 e. The second-order valence-corrected chi connectivity index (χ2v) is 6.32. The number of hydrogen-bond acceptors (Lipinski definition) is 6. The largest absolute Gasteiger partial charge is 0.348 e. The molecule has 0 aromatic carbocycles. The molecule has 19 heavy (non-hydrogen) atoms. The summed E-state index contributed by atoms with van der Waals surface area (Å²) in [7, 11) is -3.23. The lowest BCUT2D eigenvalue weighted by atomic mass is 10.2. The number of hydrogen-bond donors (Lipinski definition) is 3. The van der Waals surface area contributed by atoms with Crippen LogP contribution in [0.2, 0.25) is 0 Å². The van der Waals surface area contributed by atoms with E-state index in [1.807, 2.05) is 5.43 Å². The van der Waals surface area contributed by atoms with Crippen LogP contribution in [0.1, 0.15) is 17.3 Å². The fourth-order valence-electron chi connectivity index (χ4n) is 1.52. The zero-order chi connectivity index (χ0) is 14.6. The van der Waals surface area contributed by atoms with E-state index >= 15 is 0 Å². The van der Waals surface area contributed by atoms with Crippen molar-refractivity contribution in [3.05, 3.63) is 23.6 Å². The fraction of sp³-hybridized carbons (Fsp3) is 0.400. The minimum Gasteiger partial charge on any atom is -0.348 e. The molecule has 7 nitrogen and oxygen atoms in total. The van der Waals surface area contributed by atoms with Crippen LogP contribution in [-0.2, 0) is 9.84 Å². The average molecular weight is 290 g/mol. The molecule has 0 aliphatic heterocycles. The van der Waals surface area contributed by atoms with Crippen LogP contribution in [-0.4, -0.2) is 37.4 Å². The number of amides is 1. The van der Waals surface area contributed by atoms with E-state index < -0.39 is 27.6 Å². The highest BCUT2D eigenvalue weighted by molar-refractivity contribution is 7.90. The van der Waals surface area contributed by atoms with Crippen molar-refractivity contribution in [3.8, 4) is 0 Å². The van der Waals surface area contributed by atoms with E-state index in [1.54, 1.807) is 0 Å². The maximum atomic E-state index is 13.7. The van der Waals surface area contributed by atoms with Gasteiger partial charge >= 0.3 is 0 Å². The average Bonchev–Trinajstić information content (AvgIpc) is 2.26. The molecule has 4 N–H and O–H groups in total. The van der Waals surface area contributed by atoms with Crippen molar-refractivity contribution in [1.29, 1.82) is 0 Å². The summed E-state index contributed by atoms with van der Waals surface area (Å²) in [4.78, 5) is 15.4. The Kier molecular flexibility index (Phi) is 4.78. The number of aromatic nitrogens is 1. The molecule has 0 saturated heterocycles. The topological polar surface area (TPSA) is 114 Å². The molecule has 9 heteroatoms. The number of anilines is 1. The predicted octanol–water partition coefficient (Wildman–Crippen LogP) is -0.331. The van der Waals surface area contributed by atoms with Crippen molar-refractivity contribution in [2.45, 2.75) is 13.0 Å². The molecule has 1 rings (SSSR count). The second-order valence-electron chi connectivity index (χ2n) is 4.13. The number of sulfone groups is 1. The van der Waals surface area contributed by atoms with Gasteiger partial charge < -0.3 is 10.7 Å². The lowest BCUT2D eigenvalue weighted by Gasteiger charge is -2.13. The molecule has 1 amide bonds. The van der Waals surface area contributed by atoms with Crippen molar-refractivity contribution in [2.24, 2.45) is 5.84 Å². The summed E-state index contributed by atoms with van der Waals surface area (Å²) in [5.74, 6) is 2.93. The first-order valence-corrected chi connectivity index (χ1v) is 7.40. The van der Waals surface area contributed by atoms with Gasteiger partial charge in [-0.05, 0) is 13.0 Å². The van der Waals surface area contributed by atoms with Crippen molar-refractivity contribution < 1.29 is 17.6 Å². The van der Waals surface area contributed by atoms with E-state index in [2.05, 4.69) is 10.3 Å². The highest BCUT2D eigenvalue weighted by Crippen LogP contribution is 2.13. The monoisotopic (exact) mass is 290 g/mol. The number of nitrogens with zero attached hydrogens (tertiary/aromatic N) is 1. The number of carbonyl (C=O) groups is 1. The van der Waals surface area contributed by atoms with E-state index in [0.717, 1.165) is 6.26 Å². The highest BCUT2D eigenvalue weighted by atomic mass is 32.2. The Morgan fingerprint density at radius 1 is 1.58 bits per heavy atom. The second kappa shape index (κ2) is 5.93. The molecular formula is C10H15FN4O3S. The minimum absolute atomic E-state index is 0.229. The number of nitrogens with one attached hydrogen (secondary N) is 2. The van der Waals surface area contributed by atoms with Gasteiger partial charge in [0.15, 0.2) is 11.6 Å². The van der Waals surface area contributed by atoms with Gasteiger partial charge in [0.1, 0.15) is 9.84 Å². The molecule has 0 aliphatic rings. The van der Waals surface area contributed by atoms with Gasteiger partial charge in [-0.1, -0.05) is 0 Å². The summed E-state index contributed by atoms with van der Waals surface area (Å²) in [6.07, 6.45) is 2.27. The number of halogens is 1. The normalized spacial score (nSPS) is 12.8. The summed E-state index contributed by atoms with van der Waals surface area (Å²) >= 11 is 0. The molecule has 0 fully saturated rings. The standard InChI is InChI=1S/C10H15FN4O3S/c1-6(5-19(2,17)18)14-10(16)7-3-4-13-9(15-12)8(7)11/h3-4,6H,5,12H2,1-2H3,(H,13,15)(H,14,16). The molecule has 0 aliphatic carbocycles. The van der Waals surface area contributed by atoms with E-state index in [4.69, 9.17) is 5.84 Å². The molecule has 1 heterocycles. The third-order valence-electron chi connectivity index (χ3n) is 2.20. The van der Waals surface area contributed by atoms with Gasteiger partial charge in [-0.15, -0.1) is 0 Å². The van der Waals surface area contributed by atoms with E-state index in [-0.39, 0.29) is 17.1 Å². The number of carbonyl (C=O) groups excluding carboxylic acids is 1. The van der Waals surface area contributed by atoms with Crippen LogP contribution in [0.15, 0.2) is 12.3 Å². The van der Waals surface area contributed by atoms with Crippen molar-refractivity contribution in [1.82, 2.24) is 10.3 Å². The van der Waals surface area contributed by atoms with Crippen LogP contribution in [0.3, 0.4) is 0 Å². The maximum Gasteiger partial charge on any atom is 0.254 e. The first-order valence-electron chi connectivity index (χ1n) is 5.34. The van der Waals surface area contributed by atoms with E-state index in [0.29, 0.717) is 0 Å². The highest BCUT2D eigenvalue weighted by Gasteiger charge is 2.19. The summed E-state index contributed by atoms with van der Waals surface area (Å²) < 4.78 is 35.9. The summed E-state index contributed by atoms with van der Waals surface area (Å²) in [6.45, 7) is 1.51. The third kappa shape index (κ3) is 4.45. The molecule has 1 unspecified atom stereocenters. The van der Waals surface area contributed by atoms with Crippen LogP contribution in [0.25, 0.3) is 0 Å². The summed E-state index contributed by atoms with van der Waals surface area (Å²) in [5, 5.41) is 2.39. The first-order chi connectivity index (χ1) is 8.74. The molecule has 0 saturated carbocycles. The Balaban J connectivity index is 2.84. The van der Waals surface area contributed by atoms with Gasteiger partial charge in [-0.2, -0.15) is 0 Å². The van der Waals surface area contributed by atoms with Gasteiger partial charge in [-0.25, -0.2) is 23.6 Å². The van der Waals surface area contributed by atoms with Crippen LogP contribution in [0, 0.1) is 5.82 Å². The Labute approximate surface area is 110 Å². The maximum absolute atomic E-state index is 13.7.